The van der Waals surface area contributed by atoms with Crippen molar-refractivity contribution in [3.8, 4) is 23.0 Å². The highest BCUT2D eigenvalue weighted by Gasteiger charge is 2.15. The second kappa shape index (κ2) is 8.56. The maximum atomic E-state index is 12.1. The van der Waals surface area contributed by atoms with Gasteiger partial charge in [-0.05, 0) is 41.5 Å². The van der Waals surface area contributed by atoms with Gasteiger partial charge < -0.3 is 23.4 Å². The summed E-state index contributed by atoms with van der Waals surface area (Å²) in [5.41, 5.74) is 1.70. The molecule has 1 aromatic heterocycles. The van der Waals surface area contributed by atoms with E-state index in [1.807, 2.05) is 18.2 Å². The molecule has 0 atom stereocenters. The Hall–Kier alpha value is -4.01. The molecule has 1 aliphatic rings. The number of methoxy groups -OCH3 is 2. The molecule has 0 spiro atoms. The quantitative estimate of drug-likeness (QED) is 0.594. The normalized spacial score (nSPS) is 12.2. The molecular weight excluding hydrogens is 390 g/mol. The first-order valence-electron chi connectivity index (χ1n) is 9.06. The molecule has 0 saturated carbocycles. The summed E-state index contributed by atoms with van der Waals surface area (Å²) in [6.07, 6.45) is 3.41. The number of hydrogen-bond donors (Lipinski definition) is 1. The second-order valence-electron chi connectivity index (χ2n) is 6.30. The fourth-order valence-corrected chi connectivity index (χ4v) is 2.88. The van der Waals surface area contributed by atoms with Crippen LogP contribution in [-0.2, 0) is 11.2 Å². The van der Waals surface area contributed by atoms with Crippen LogP contribution in [0.25, 0.3) is 6.08 Å². The van der Waals surface area contributed by atoms with Crippen molar-refractivity contribution in [1.82, 2.24) is 10.2 Å². The number of fused-ring (bicyclic) bond motifs is 1. The number of nitrogens with zero attached hydrogens (tertiary/aromatic N) is 2. The Morgan fingerprint density at radius 2 is 1.90 bits per heavy atom. The van der Waals surface area contributed by atoms with Crippen molar-refractivity contribution in [3.63, 3.8) is 0 Å². The fourth-order valence-electron chi connectivity index (χ4n) is 2.88. The van der Waals surface area contributed by atoms with Crippen LogP contribution in [-0.4, -0.2) is 37.1 Å². The van der Waals surface area contributed by atoms with E-state index in [1.54, 1.807) is 38.5 Å². The van der Waals surface area contributed by atoms with Gasteiger partial charge in [-0.15, -0.1) is 5.10 Å². The molecule has 0 fully saturated rings. The molecule has 9 heteroatoms. The highest BCUT2D eigenvalue weighted by atomic mass is 16.7. The third kappa shape index (κ3) is 4.35. The van der Waals surface area contributed by atoms with Crippen LogP contribution in [0.2, 0.25) is 0 Å². The van der Waals surface area contributed by atoms with E-state index in [2.05, 4.69) is 15.5 Å². The van der Waals surface area contributed by atoms with Crippen molar-refractivity contribution in [2.75, 3.05) is 26.3 Å². The lowest BCUT2D eigenvalue weighted by molar-refractivity contribution is -0.112. The summed E-state index contributed by atoms with van der Waals surface area (Å²) in [6.45, 7) is 0.215. The zero-order valence-corrected chi connectivity index (χ0v) is 16.4. The summed E-state index contributed by atoms with van der Waals surface area (Å²) >= 11 is 0. The van der Waals surface area contributed by atoms with Gasteiger partial charge in [-0.1, -0.05) is 17.2 Å². The first-order chi connectivity index (χ1) is 14.6. The summed E-state index contributed by atoms with van der Waals surface area (Å²) < 4.78 is 26.6. The fraction of sp³-hybridized carbons (Fsp3) is 0.190. The van der Waals surface area contributed by atoms with E-state index in [-0.39, 0.29) is 12.8 Å². The third-order valence-corrected chi connectivity index (χ3v) is 4.32. The largest absolute Gasteiger partial charge is 0.493 e. The predicted molar refractivity (Wildman–Crippen MR) is 107 cm³/mol. The third-order valence-electron chi connectivity index (χ3n) is 4.32. The maximum Gasteiger partial charge on any atom is 0.322 e. The van der Waals surface area contributed by atoms with Gasteiger partial charge in [-0.3, -0.25) is 10.1 Å². The number of nitrogens with one attached hydrogen (secondary N) is 1. The molecule has 2 aromatic carbocycles. The number of anilines is 1. The molecule has 30 heavy (non-hydrogen) atoms. The smallest absolute Gasteiger partial charge is 0.322 e. The summed E-state index contributed by atoms with van der Waals surface area (Å²) in [6, 6.07) is 10.9. The van der Waals surface area contributed by atoms with Gasteiger partial charge in [0.05, 0.1) is 20.6 Å². The van der Waals surface area contributed by atoms with Crippen molar-refractivity contribution in [2.45, 2.75) is 6.42 Å². The lowest BCUT2D eigenvalue weighted by atomic mass is 10.1. The minimum atomic E-state index is -0.400. The number of aromatic nitrogens is 2. The number of hydrogen-bond acceptors (Lipinski definition) is 8. The molecule has 2 heterocycles. The zero-order valence-electron chi connectivity index (χ0n) is 16.4. The van der Waals surface area contributed by atoms with Gasteiger partial charge in [0, 0.05) is 6.08 Å². The molecule has 0 radical (unpaired) electrons. The Labute approximate surface area is 172 Å². The Balaban J connectivity index is 1.36. The van der Waals surface area contributed by atoms with Crippen LogP contribution < -0.4 is 24.3 Å². The molecule has 0 aliphatic carbocycles. The van der Waals surface area contributed by atoms with Crippen molar-refractivity contribution in [2.24, 2.45) is 0 Å². The van der Waals surface area contributed by atoms with Gasteiger partial charge >= 0.3 is 6.01 Å². The maximum absolute atomic E-state index is 12.1. The van der Waals surface area contributed by atoms with E-state index in [4.69, 9.17) is 23.4 Å². The molecule has 154 valence electrons. The minimum absolute atomic E-state index is 0.0210. The van der Waals surface area contributed by atoms with E-state index >= 15 is 0 Å². The van der Waals surface area contributed by atoms with E-state index in [0.29, 0.717) is 35.3 Å². The van der Waals surface area contributed by atoms with Gasteiger partial charge in [0.25, 0.3) is 5.91 Å². The van der Waals surface area contributed by atoms with E-state index in [1.165, 1.54) is 6.08 Å². The van der Waals surface area contributed by atoms with E-state index < -0.39 is 5.91 Å². The molecule has 4 rings (SSSR count). The average molecular weight is 409 g/mol. The number of benzene rings is 2. The number of carbonyl (C=O) groups excluding carboxylic acids is 1. The van der Waals surface area contributed by atoms with Crippen LogP contribution in [0, 0.1) is 0 Å². The van der Waals surface area contributed by atoms with Gasteiger partial charge in [-0.25, -0.2) is 0 Å². The lowest BCUT2D eigenvalue weighted by Gasteiger charge is -2.07. The van der Waals surface area contributed by atoms with Gasteiger partial charge in [0.1, 0.15) is 0 Å². The number of ether oxygens (including phenoxy) is 4. The molecule has 0 bridgehead atoms. The molecule has 0 saturated heterocycles. The minimum Gasteiger partial charge on any atom is -0.493 e. The molecular formula is C21H19N3O6. The molecule has 1 amide bonds. The molecule has 1 N–H and O–H groups in total. The highest BCUT2D eigenvalue weighted by molar-refractivity contribution is 6.00. The second-order valence-corrected chi connectivity index (χ2v) is 6.30. The Morgan fingerprint density at radius 3 is 2.73 bits per heavy atom. The first kappa shape index (κ1) is 19.3. The summed E-state index contributed by atoms with van der Waals surface area (Å²) in [7, 11) is 3.11. The van der Waals surface area contributed by atoms with Crippen LogP contribution in [0.4, 0.5) is 6.01 Å². The van der Waals surface area contributed by atoms with Crippen molar-refractivity contribution < 1.29 is 28.2 Å². The topological polar surface area (TPSA) is 105 Å². The average Bonchev–Trinajstić information content (AvgIpc) is 3.41. The molecule has 9 nitrogen and oxygen atoms in total. The molecule has 3 aromatic rings. The summed E-state index contributed by atoms with van der Waals surface area (Å²) in [4.78, 5) is 12.1. The Bertz CT molecular complexity index is 1090. The predicted octanol–water partition coefficient (Wildman–Crippen LogP) is 3.06. The molecule has 0 unspecified atom stereocenters. The first-order valence-corrected chi connectivity index (χ1v) is 9.06. The van der Waals surface area contributed by atoms with Gasteiger partial charge in [0.2, 0.25) is 12.7 Å². The number of amides is 1. The zero-order chi connectivity index (χ0) is 20.9. The van der Waals surface area contributed by atoms with Crippen molar-refractivity contribution in [3.05, 3.63) is 59.5 Å². The molecule has 1 aliphatic heterocycles. The summed E-state index contributed by atoms with van der Waals surface area (Å²) in [5.74, 6) is 2.54. The van der Waals surface area contributed by atoms with Crippen LogP contribution in [0.3, 0.4) is 0 Å². The van der Waals surface area contributed by atoms with E-state index in [9.17, 15) is 4.79 Å². The van der Waals surface area contributed by atoms with Crippen molar-refractivity contribution in [1.29, 1.82) is 0 Å². The summed E-state index contributed by atoms with van der Waals surface area (Å²) in [5, 5.41) is 10.4. The van der Waals surface area contributed by atoms with Crippen LogP contribution in [0.1, 0.15) is 17.0 Å². The SMILES string of the molecule is COc1ccc(/C=C/C(=O)Nc2nnc(Cc3ccc4c(c3)OCO4)o2)cc1OC. The Morgan fingerprint density at radius 1 is 1.07 bits per heavy atom. The van der Waals surface area contributed by atoms with Gasteiger partial charge in [-0.2, -0.15) is 0 Å². The monoisotopic (exact) mass is 409 g/mol. The lowest BCUT2D eigenvalue weighted by Crippen LogP contribution is -2.07. The number of carbonyl (C=O) groups is 1. The Kier molecular flexibility index (Phi) is 5.51. The standard InChI is InChI=1S/C21H19N3O6/c1-26-15-6-3-13(9-17(15)27-2)5-8-19(25)22-21-24-23-20(30-21)11-14-4-7-16-18(10-14)29-12-28-16/h3-10H,11-12H2,1-2H3,(H,22,24,25)/b8-5+. The van der Waals surface area contributed by atoms with Crippen LogP contribution >= 0.6 is 0 Å². The van der Waals surface area contributed by atoms with E-state index in [0.717, 1.165) is 11.1 Å². The van der Waals surface area contributed by atoms with Crippen LogP contribution in [0.5, 0.6) is 23.0 Å². The highest BCUT2D eigenvalue weighted by Crippen LogP contribution is 2.33. The van der Waals surface area contributed by atoms with Crippen molar-refractivity contribution >= 4 is 18.0 Å². The number of rotatable bonds is 7. The van der Waals surface area contributed by atoms with Crippen LogP contribution in [0.15, 0.2) is 46.9 Å². The van der Waals surface area contributed by atoms with Gasteiger partial charge in [0.15, 0.2) is 23.0 Å².